The van der Waals surface area contributed by atoms with Crippen molar-refractivity contribution >= 4 is 35.6 Å². The van der Waals surface area contributed by atoms with Gasteiger partial charge in [-0.05, 0) is 48.6 Å². The van der Waals surface area contributed by atoms with Gasteiger partial charge in [-0.15, -0.1) is 24.0 Å². The Labute approximate surface area is 220 Å². The smallest absolute Gasteiger partial charge is 0.196 e. The Bertz CT molecular complexity index is 1010. The van der Waals surface area contributed by atoms with Gasteiger partial charge in [-0.3, -0.25) is 4.90 Å². The highest BCUT2D eigenvalue weighted by Gasteiger charge is 2.16. The van der Waals surface area contributed by atoms with Crippen LogP contribution < -0.4 is 10.6 Å². The van der Waals surface area contributed by atoms with E-state index in [0.717, 1.165) is 44.1 Å². The highest BCUT2D eigenvalue weighted by Crippen LogP contribution is 2.15. The van der Waals surface area contributed by atoms with Crippen molar-refractivity contribution in [3.8, 4) is 0 Å². The van der Waals surface area contributed by atoms with E-state index in [0.29, 0.717) is 13.1 Å². The molecule has 34 heavy (non-hydrogen) atoms. The van der Waals surface area contributed by atoms with E-state index in [1.807, 2.05) is 30.3 Å². The molecule has 6 heteroatoms. The predicted molar refractivity (Wildman–Crippen MR) is 152 cm³/mol. The summed E-state index contributed by atoms with van der Waals surface area (Å²) in [7, 11) is 0. The minimum Gasteiger partial charge on any atom is -0.393 e. The largest absolute Gasteiger partial charge is 0.393 e. The Morgan fingerprint density at radius 3 is 2.18 bits per heavy atom. The summed E-state index contributed by atoms with van der Waals surface area (Å²) < 4.78 is 0. The fourth-order valence-electron chi connectivity index (χ4n) is 3.95. The third-order valence-corrected chi connectivity index (χ3v) is 6.02. The first-order valence-corrected chi connectivity index (χ1v) is 11.8. The third kappa shape index (κ3) is 8.42. The molecule has 1 aliphatic heterocycles. The zero-order valence-electron chi connectivity index (χ0n) is 19.8. The summed E-state index contributed by atoms with van der Waals surface area (Å²) in [6, 6.07) is 27.4. The van der Waals surface area contributed by atoms with Gasteiger partial charge in [0.2, 0.25) is 0 Å². The molecule has 3 aromatic carbocycles. The van der Waals surface area contributed by atoms with Gasteiger partial charge in [0, 0.05) is 31.9 Å². The van der Waals surface area contributed by atoms with Crippen molar-refractivity contribution in [1.29, 1.82) is 0 Å². The predicted octanol–water partition coefficient (Wildman–Crippen LogP) is 5.33. The van der Waals surface area contributed by atoms with E-state index in [9.17, 15) is 5.11 Å². The summed E-state index contributed by atoms with van der Waals surface area (Å²) in [5, 5.41) is 16.6. The van der Waals surface area contributed by atoms with Crippen molar-refractivity contribution < 1.29 is 5.11 Å². The lowest BCUT2D eigenvalue weighted by molar-refractivity contribution is 0.0792. The van der Waals surface area contributed by atoms with Gasteiger partial charge in [0.25, 0.3) is 0 Å². The minimum absolute atomic E-state index is 0. The number of hydrogen-bond acceptors (Lipinski definition) is 3. The van der Waals surface area contributed by atoms with E-state index in [-0.39, 0.29) is 30.1 Å². The number of guanidine groups is 1. The normalized spacial score (nSPS) is 14.9. The SMILES string of the molecule is Cc1ccc(CNC(=NCc2ccc(CN3CCC(O)CC3)cc2)Nc2ccccc2)cc1.I. The van der Waals surface area contributed by atoms with Crippen molar-refractivity contribution in [2.24, 2.45) is 4.99 Å². The molecule has 3 N–H and O–H groups in total. The van der Waals surface area contributed by atoms with Crippen LogP contribution in [0, 0.1) is 6.92 Å². The number of aryl methyl sites for hydroxylation is 1. The number of anilines is 1. The van der Waals surface area contributed by atoms with E-state index in [1.54, 1.807) is 0 Å². The summed E-state index contributed by atoms with van der Waals surface area (Å²) in [5.74, 6) is 0.762. The summed E-state index contributed by atoms with van der Waals surface area (Å²) in [6.45, 7) is 6.29. The number of aliphatic hydroxyl groups is 1. The van der Waals surface area contributed by atoms with Crippen LogP contribution in [0.4, 0.5) is 5.69 Å². The number of halogens is 1. The van der Waals surface area contributed by atoms with Crippen LogP contribution in [0.25, 0.3) is 0 Å². The molecule has 0 aliphatic carbocycles. The monoisotopic (exact) mass is 570 g/mol. The van der Waals surface area contributed by atoms with Gasteiger partial charge in [0.05, 0.1) is 12.6 Å². The lowest BCUT2D eigenvalue weighted by atomic mass is 10.1. The Morgan fingerprint density at radius 1 is 0.882 bits per heavy atom. The fraction of sp³-hybridized carbons (Fsp3) is 0.321. The molecule has 180 valence electrons. The highest BCUT2D eigenvalue weighted by atomic mass is 127. The first-order valence-electron chi connectivity index (χ1n) is 11.8. The van der Waals surface area contributed by atoms with Crippen molar-refractivity contribution in [3.63, 3.8) is 0 Å². The minimum atomic E-state index is -0.125. The topological polar surface area (TPSA) is 59.9 Å². The molecule has 1 heterocycles. The van der Waals surface area contributed by atoms with E-state index in [4.69, 9.17) is 4.99 Å². The maximum absolute atomic E-state index is 9.69. The van der Waals surface area contributed by atoms with Crippen LogP contribution in [0.3, 0.4) is 0 Å². The lowest BCUT2D eigenvalue weighted by Gasteiger charge is -2.29. The molecule has 0 radical (unpaired) electrons. The first kappa shape index (κ1) is 26.2. The van der Waals surface area contributed by atoms with Gasteiger partial charge < -0.3 is 15.7 Å². The molecular weight excluding hydrogens is 535 g/mol. The molecule has 0 amide bonds. The number of nitrogens with one attached hydrogen (secondary N) is 2. The molecule has 5 nitrogen and oxygen atoms in total. The molecule has 3 aromatic rings. The second-order valence-electron chi connectivity index (χ2n) is 8.82. The number of likely N-dealkylation sites (tertiary alicyclic amines) is 1. The van der Waals surface area contributed by atoms with Crippen LogP contribution in [-0.2, 0) is 19.6 Å². The van der Waals surface area contributed by atoms with E-state index in [2.05, 4.69) is 71.0 Å². The molecule has 4 rings (SSSR count). The molecule has 1 aliphatic rings. The van der Waals surface area contributed by atoms with E-state index < -0.39 is 0 Å². The Hall–Kier alpha value is -2.42. The van der Waals surface area contributed by atoms with Crippen LogP contribution in [0.5, 0.6) is 0 Å². The Balaban J connectivity index is 0.00000324. The maximum Gasteiger partial charge on any atom is 0.196 e. The zero-order valence-corrected chi connectivity index (χ0v) is 22.1. The van der Waals surface area contributed by atoms with Crippen LogP contribution in [-0.4, -0.2) is 35.2 Å². The summed E-state index contributed by atoms with van der Waals surface area (Å²) >= 11 is 0. The number of aliphatic imine (C=N–C) groups is 1. The third-order valence-electron chi connectivity index (χ3n) is 6.02. The number of rotatable bonds is 7. The molecule has 0 atom stereocenters. The number of aliphatic hydroxyl groups excluding tert-OH is 1. The van der Waals surface area contributed by atoms with Gasteiger partial charge in [0.1, 0.15) is 0 Å². The van der Waals surface area contributed by atoms with Crippen LogP contribution >= 0.6 is 24.0 Å². The lowest BCUT2D eigenvalue weighted by Crippen LogP contribution is -2.35. The molecule has 0 bridgehead atoms. The number of piperidine rings is 1. The average molecular weight is 571 g/mol. The van der Waals surface area contributed by atoms with Gasteiger partial charge in [0.15, 0.2) is 5.96 Å². The van der Waals surface area contributed by atoms with Gasteiger partial charge in [-0.1, -0.05) is 72.3 Å². The molecule has 0 unspecified atom stereocenters. The summed E-state index contributed by atoms with van der Waals surface area (Å²) in [5.41, 5.74) is 5.97. The molecule has 0 saturated carbocycles. The van der Waals surface area contributed by atoms with Crippen molar-refractivity contribution in [1.82, 2.24) is 10.2 Å². The highest BCUT2D eigenvalue weighted by molar-refractivity contribution is 14.0. The van der Waals surface area contributed by atoms with E-state index in [1.165, 1.54) is 22.3 Å². The van der Waals surface area contributed by atoms with Crippen LogP contribution in [0.2, 0.25) is 0 Å². The second-order valence-corrected chi connectivity index (χ2v) is 8.82. The zero-order chi connectivity index (χ0) is 22.9. The van der Waals surface area contributed by atoms with Crippen molar-refractivity contribution in [2.45, 2.75) is 45.5 Å². The standard InChI is InChI=1S/C28H34N4O.HI/c1-22-7-9-23(10-8-22)19-29-28(31-26-5-3-2-4-6-26)30-20-24-11-13-25(14-12-24)21-32-17-15-27(33)16-18-32;/h2-14,27,33H,15-21H2,1H3,(H2,29,30,31);1H. The first-order chi connectivity index (χ1) is 16.1. The van der Waals surface area contributed by atoms with Crippen molar-refractivity contribution in [3.05, 3.63) is 101 Å². The molecule has 0 spiro atoms. The van der Waals surface area contributed by atoms with Gasteiger partial charge >= 0.3 is 0 Å². The molecule has 1 saturated heterocycles. The van der Waals surface area contributed by atoms with Crippen LogP contribution in [0.1, 0.15) is 35.1 Å². The molecule has 0 aromatic heterocycles. The van der Waals surface area contributed by atoms with E-state index >= 15 is 0 Å². The second kappa shape index (κ2) is 13.5. The number of para-hydroxylation sites is 1. The summed E-state index contributed by atoms with van der Waals surface area (Å²) in [4.78, 5) is 7.25. The quantitative estimate of drug-likeness (QED) is 0.204. The average Bonchev–Trinajstić information content (AvgIpc) is 2.85. The number of nitrogens with zero attached hydrogens (tertiary/aromatic N) is 2. The molecule has 1 fully saturated rings. The Kier molecular flexibility index (Phi) is 10.4. The molecular formula is C28H35IN4O. The van der Waals surface area contributed by atoms with Gasteiger partial charge in [-0.2, -0.15) is 0 Å². The van der Waals surface area contributed by atoms with Crippen molar-refractivity contribution in [2.75, 3.05) is 18.4 Å². The van der Waals surface area contributed by atoms with Crippen LogP contribution in [0.15, 0.2) is 83.9 Å². The number of hydrogen-bond donors (Lipinski definition) is 3. The van der Waals surface area contributed by atoms with Gasteiger partial charge in [-0.25, -0.2) is 4.99 Å². The summed E-state index contributed by atoms with van der Waals surface area (Å²) in [6.07, 6.45) is 1.62. The Morgan fingerprint density at radius 2 is 1.50 bits per heavy atom. The maximum atomic E-state index is 9.69. The fourth-order valence-corrected chi connectivity index (χ4v) is 3.95. The number of benzene rings is 3.